The van der Waals surface area contributed by atoms with Gasteiger partial charge in [-0.25, -0.2) is 4.79 Å². The second-order valence-electron chi connectivity index (χ2n) is 6.66. The summed E-state index contributed by atoms with van der Waals surface area (Å²) in [6.07, 6.45) is 3.32. The molecular formula is C19H27NO4. The lowest BCUT2D eigenvalue weighted by Gasteiger charge is -2.34. The Kier molecular flexibility index (Phi) is 6.64. The molecule has 0 aromatic heterocycles. The van der Waals surface area contributed by atoms with Gasteiger partial charge in [-0.3, -0.25) is 4.79 Å². The molecule has 0 saturated heterocycles. The second-order valence-corrected chi connectivity index (χ2v) is 6.66. The summed E-state index contributed by atoms with van der Waals surface area (Å²) in [5, 5.41) is 2.98. The van der Waals surface area contributed by atoms with Gasteiger partial charge >= 0.3 is 5.97 Å². The first-order valence-electron chi connectivity index (χ1n) is 8.60. The maximum absolute atomic E-state index is 12.0. The van der Waals surface area contributed by atoms with Crippen molar-refractivity contribution in [2.45, 2.75) is 46.1 Å². The number of carbonyl (C=O) groups excluding carboxylic acids is 2. The average molecular weight is 333 g/mol. The van der Waals surface area contributed by atoms with E-state index in [-0.39, 0.29) is 25.2 Å². The molecule has 0 heterocycles. The Hall–Kier alpha value is -2.04. The van der Waals surface area contributed by atoms with Crippen LogP contribution in [0.5, 0.6) is 5.75 Å². The lowest BCUT2D eigenvalue weighted by atomic mass is 9.78. The van der Waals surface area contributed by atoms with E-state index in [1.165, 1.54) is 6.42 Å². The molecule has 0 bridgehead atoms. The molecule has 1 aromatic carbocycles. The zero-order valence-corrected chi connectivity index (χ0v) is 14.7. The summed E-state index contributed by atoms with van der Waals surface area (Å²) in [5.74, 6) is 0.907. The number of carbonyl (C=O) groups is 2. The number of esters is 1. The number of aryl methyl sites for hydroxylation is 1. The standard InChI is InChI=1S/C19H27NO4/c1-13-8-6-9-16(15(13)3)20-18(21)11-24-19(22)12-23-17-10-5-4-7-14(17)2/h4-5,7,10,13,15-16H,6,8-9,11-12H2,1-3H3,(H,20,21)/t13-,15+,16-/m1/s1. The van der Waals surface area contributed by atoms with Gasteiger partial charge in [0.1, 0.15) is 5.75 Å². The fourth-order valence-corrected chi connectivity index (χ4v) is 3.08. The summed E-state index contributed by atoms with van der Waals surface area (Å²) in [6.45, 7) is 5.83. The summed E-state index contributed by atoms with van der Waals surface area (Å²) < 4.78 is 10.4. The molecule has 1 aliphatic rings. The highest BCUT2D eigenvalue weighted by Crippen LogP contribution is 2.29. The van der Waals surface area contributed by atoms with Crippen LogP contribution in [0.3, 0.4) is 0 Å². The largest absolute Gasteiger partial charge is 0.482 e. The normalized spacial score (nSPS) is 23.4. The second kappa shape index (κ2) is 8.71. The number of ether oxygens (including phenoxy) is 2. The number of rotatable bonds is 6. The molecule has 0 radical (unpaired) electrons. The van der Waals surface area contributed by atoms with Gasteiger partial charge in [-0.15, -0.1) is 0 Å². The van der Waals surface area contributed by atoms with Crippen molar-refractivity contribution in [2.75, 3.05) is 13.2 Å². The molecule has 0 spiro atoms. The monoisotopic (exact) mass is 333 g/mol. The molecule has 1 aliphatic carbocycles. The SMILES string of the molecule is Cc1ccccc1OCC(=O)OCC(=O)N[C@@H]1CCC[C@@H](C)[C@@H]1C. The molecule has 1 aromatic rings. The molecule has 1 saturated carbocycles. The first kappa shape index (κ1) is 18.3. The minimum absolute atomic E-state index is 0.170. The van der Waals surface area contributed by atoms with Crippen molar-refractivity contribution < 1.29 is 19.1 Å². The van der Waals surface area contributed by atoms with Gasteiger partial charge in [-0.2, -0.15) is 0 Å². The Labute approximate surface area is 143 Å². The molecule has 3 atom stereocenters. The van der Waals surface area contributed by atoms with E-state index in [9.17, 15) is 9.59 Å². The molecule has 1 N–H and O–H groups in total. The summed E-state index contributed by atoms with van der Waals surface area (Å²) in [5.41, 5.74) is 0.948. The van der Waals surface area contributed by atoms with Crippen molar-refractivity contribution in [1.82, 2.24) is 5.32 Å². The minimum Gasteiger partial charge on any atom is -0.482 e. The molecule has 0 aliphatic heterocycles. The van der Waals surface area contributed by atoms with E-state index in [0.29, 0.717) is 17.6 Å². The Morgan fingerprint density at radius 3 is 2.67 bits per heavy atom. The van der Waals surface area contributed by atoms with Crippen molar-refractivity contribution in [3.8, 4) is 5.75 Å². The lowest BCUT2D eigenvalue weighted by Crippen LogP contribution is -2.45. The summed E-state index contributed by atoms with van der Waals surface area (Å²) in [7, 11) is 0. The van der Waals surface area contributed by atoms with Crippen molar-refractivity contribution in [3.05, 3.63) is 29.8 Å². The van der Waals surface area contributed by atoms with Crippen molar-refractivity contribution in [3.63, 3.8) is 0 Å². The van der Waals surface area contributed by atoms with E-state index in [4.69, 9.17) is 9.47 Å². The number of benzene rings is 1. The van der Waals surface area contributed by atoms with Crippen LogP contribution in [0.1, 0.15) is 38.7 Å². The average Bonchev–Trinajstić information content (AvgIpc) is 2.56. The van der Waals surface area contributed by atoms with Gasteiger partial charge < -0.3 is 14.8 Å². The molecule has 5 nitrogen and oxygen atoms in total. The van der Waals surface area contributed by atoms with Gasteiger partial charge in [0, 0.05) is 6.04 Å². The van der Waals surface area contributed by atoms with Gasteiger partial charge in [0.05, 0.1) is 0 Å². The van der Waals surface area contributed by atoms with Gasteiger partial charge in [0.15, 0.2) is 13.2 Å². The van der Waals surface area contributed by atoms with E-state index < -0.39 is 5.97 Å². The van der Waals surface area contributed by atoms with E-state index in [1.807, 2.05) is 25.1 Å². The van der Waals surface area contributed by atoms with Crippen LogP contribution in [0, 0.1) is 18.8 Å². The van der Waals surface area contributed by atoms with Crippen LogP contribution >= 0.6 is 0 Å². The summed E-state index contributed by atoms with van der Waals surface area (Å²) in [6, 6.07) is 7.61. The number of para-hydroxylation sites is 1. The summed E-state index contributed by atoms with van der Waals surface area (Å²) in [4.78, 5) is 23.7. The Morgan fingerprint density at radius 1 is 1.17 bits per heavy atom. The zero-order valence-electron chi connectivity index (χ0n) is 14.7. The maximum Gasteiger partial charge on any atom is 0.344 e. The van der Waals surface area contributed by atoms with Gasteiger partial charge in [-0.1, -0.05) is 44.9 Å². The quantitative estimate of drug-likeness (QED) is 0.813. The topological polar surface area (TPSA) is 64.6 Å². The predicted octanol–water partition coefficient (Wildman–Crippen LogP) is 2.86. The number of hydrogen-bond donors (Lipinski definition) is 1. The highest BCUT2D eigenvalue weighted by Gasteiger charge is 2.28. The predicted molar refractivity (Wildman–Crippen MR) is 91.7 cm³/mol. The molecular weight excluding hydrogens is 306 g/mol. The van der Waals surface area contributed by atoms with Crippen LogP contribution in [0.4, 0.5) is 0 Å². The third kappa shape index (κ3) is 5.25. The number of nitrogens with one attached hydrogen (secondary N) is 1. The number of amides is 1. The van der Waals surface area contributed by atoms with Gasteiger partial charge in [0.2, 0.25) is 0 Å². The Bertz CT molecular complexity index is 572. The Balaban J connectivity index is 1.69. The van der Waals surface area contributed by atoms with Crippen LogP contribution < -0.4 is 10.1 Å². The molecule has 0 unspecified atom stereocenters. The van der Waals surface area contributed by atoms with E-state index in [2.05, 4.69) is 19.2 Å². The summed E-state index contributed by atoms with van der Waals surface area (Å²) >= 11 is 0. The molecule has 132 valence electrons. The van der Waals surface area contributed by atoms with Gasteiger partial charge in [-0.05, 0) is 36.8 Å². The number of hydrogen-bond acceptors (Lipinski definition) is 4. The van der Waals surface area contributed by atoms with Crippen LogP contribution in [-0.4, -0.2) is 31.1 Å². The molecule has 24 heavy (non-hydrogen) atoms. The first-order valence-corrected chi connectivity index (χ1v) is 8.60. The van der Waals surface area contributed by atoms with E-state index >= 15 is 0 Å². The fraction of sp³-hybridized carbons (Fsp3) is 0.579. The molecule has 1 fully saturated rings. The third-order valence-corrected chi connectivity index (χ3v) is 4.86. The van der Waals surface area contributed by atoms with Gasteiger partial charge in [0.25, 0.3) is 5.91 Å². The smallest absolute Gasteiger partial charge is 0.344 e. The highest BCUT2D eigenvalue weighted by atomic mass is 16.6. The zero-order chi connectivity index (χ0) is 17.5. The fourth-order valence-electron chi connectivity index (χ4n) is 3.08. The molecule has 2 rings (SSSR count). The van der Waals surface area contributed by atoms with E-state index in [1.54, 1.807) is 6.07 Å². The highest BCUT2D eigenvalue weighted by molar-refractivity contribution is 5.81. The first-order chi connectivity index (χ1) is 11.5. The van der Waals surface area contributed by atoms with Crippen LogP contribution in [0.25, 0.3) is 0 Å². The maximum atomic E-state index is 12.0. The lowest BCUT2D eigenvalue weighted by molar-refractivity contribution is -0.150. The van der Waals surface area contributed by atoms with Crippen molar-refractivity contribution >= 4 is 11.9 Å². The Morgan fingerprint density at radius 2 is 1.92 bits per heavy atom. The van der Waals surface area contributed by atoms with Crippen LogP contribution in [0.15, 0.2) is 24.3 Å². The van der Waals surface area contributed by atoms with Crippen molar-refractivity contribution in [1.29, 1.82) is 0 Å². The van der Waals surface area contributed by atoms with E-state index in [0.717, 1.165) is 18.4 Å². The third-order valence-electron chi connectivity index (χ3n) is 4.86. The van der Waals surface area contributed by atoms with Crippen molar-refractivity contribution in [2.24, 2.45) is 11.8 Å². The molecule has 5 heteroatoms. The van der Waals surface area contributed by atoms with Crippen LogP contribution in [-0.2, 0) is 14.3 Å². The van der Waals surface area contributed by atoms with Crippen LogP contribution in [0.2, 0.25) is 0 Å². The minimum atomic E-state index is -0.543. The molecule has 1 amide bonds.